The predicted octanol–water partition coefficient (Wildman–Crippen LogP) is 3.29. The zero-order valence-electron chi connectivity index (χ0n) is 15.1. The molecule has 0 aromatic heterocycles. The third kappa shape index (κ3) is 8.44. The van der Waals surface area contributed by atoms with Gasteiger partial charge in [0.15, 0.2) is 8.32 Å². The standard InChI is InChI=1S/C14H34O5Si2/c1-14(2,10-13-21(16-4,17-5)18-6)19-20(7,8)12-9-11-15-3/h9-13H2,1-8H3. The first-order chi connectivity index (χ1) is 9.66. The zero-order chi connectivity index (χ0) is 16.6. The van der Waals surface area contributed by atoms with E-state index in [0.29, 0.717) is 0 Å². The summed E-state index contributed by atoms with van der Waals surface area (Å²) in [5.41, 5.74) is -0.198. The van der Waals surface area contributed by atoms with Gasteiger partial charge < -0.3 is 22.4 Å². The van der Waals surface area contributed by atoms with Crippen LogP contribution in [0.15, 0.2) is 0 Å². The molecular formula is C14H34O5Si2. The van der Waals surface area contributed by atoms with Crippen LogP contribution in [0.5, 0.6) is 0 Å². The van der Waals surface area contributed by atoms with Crippen molar-refractivity contribution in [2.45, 2.75) is 57.5 Å². The summed E-state index contributed by atoms with van der Waals surface area (Å²) < 4.78 is 28.0. The van der Waals surface area contributed by atoms with Gasteiger partial charge in [0, 0.05) is 41.1 Å². The Hall–Kier alpha value is 0.234. The second kappa shape index (κ2) is 9.39. The molecule has 0 saturated carbocycles. The highest BCUT2D eigenvalue weighted by molar-refractivity contribution is 6.71. The molecule has 0 fully saturated rings. The van der Waals surface area contributed by atoms with Crippen LogP contribution >= 0.6 is 0 Å². The number of hydrogen-bond donors (Lipinski definition) is 0. The summed E-state index contributed by atoms with van der Waals surface area (Å²) in [4.78, 5) is 0. The van der Waals surface area contributed by atoms with E-state index in [0.717, 1.165) is 31.5 Å². The zero-order valence-corrected chi connectivity index (χ0v) is 17.1. The van der Waals surface area contributed by atoms with Crippen LogP contribution in [0.3, 0.4) is 0 Å². The number of rotatable bonds is 12. The Morgan fingerprint density at radius 3 is 1.81 bits per heavy atom. The lowest BCUT2D eigenvalue weighted by atomic mass is 10.1. The molecule has 0 aromatic rings. The molecule has 0 atom stereocenters. The summed E-state index contributed by atoms with van der Waals surface area (Å²) in [5, 5.41) is 0. The van der Waals surface area contributed by atoms with Crippen LogP contribution in [-0.2, 0) is 22.4 Å². The van der Waals surface area contributed by atoms with Crippen molar-refractivity contribution in [1.82, 2.24) is 0 Å². The molecule has 21 heavy (non-hydrogen) atoms. The summed E-state index contributed by atoms with van der Waals surface area (Å²) in [7, 11) is 2.48. The molecule has 5 nitrogen and oxygen atoms in total. The predicted molar refractivity (Wildman–Crippen MR) is 90.2 cm³/mol. The lowest BCUT2D eigenvalue weighted by Crippen LogP contribution is -2.46. The van der Waals surface area contributed by atoms with Gasteiger partial charge in [-0.3, -0.25) is 0 Å². The van der Waals surface area contributed by atoms with Gasteiger partial charge in [0.05, 0.1) is 5.60 Å². The van der Waals surface area contributed by atoms with Crippen LogP contribution in [-0.4, -0.2) is 57.8 Å². The quantitative estimate of drug-likeness (QED) is 0.404. The second-order valence-electron chi connectivity index (χ2n) is 6.51. The van der Waals surface area contributed by atoms with Gasteiger partial charge in [0.1, 0.15) is 0 Å². The van der Waals surface area contributed by atoms with Gasteiger partial charge in [-0.15, -0.1) is 0 Å². The Bertz CT molecular complexity index is 272. The van der Waals surface area contributed by atoms with Crippen molar-refractivity contribution >= 4 is 17.1 Å². The fraction of sp³-hybridized carbons (Fsp3) is 1.00. The lowest BCUT2D eigenvalue weighted by Gasteiger charge is -2.37. The number of methoxy groups -OCH3 is 1. The number of ether oxygens (including phenoxy) is 1. The minimum Gasteiger partial charge on any atom is -0.412 e. The highest BCUT2D eigenvalue weighted by Crippen LogP contribution is 2.29. The maximum Gasteiger partial charge on any atom is 0.500 e. The van der Waals surface area contributed by atoms with E-state index < -0.39 is 17.1 Å². The summed E-state index contributed by atoms with van der Waals surface area (Å²) in [6.45, 7) is 9.60. The van der Waals surface area contributed by atoms with Gasteiger partial charge in [0.25, 0.3) is 0 Å². The monoisotopic (exact) mass is 338 g/mol. The molecule has 128 valence electrons. The van der Waals surface area contributed by atoms with Crippen LogP contribution in [0.1, 0.15) is 26.7 Å². The fourth-order valence-electron chi connectivity index (χ4n) is 2.50. The van der Waals surface area contributed by atoms with E-state index in [9.17, 15) is 0 Å². The molecule has 0 saturated heterocycles. The minimum atomic E-state index is -2.52. The van der Waals surface area contributed by atoms with Crippen molar-refractivity contribution < 1.29 is 22.4 Å². The molecule has 0 aliphatic heterocycles. The highest BCUT2D eigenvalue weighted by atomic mass is 28.4. The summed E-state index contributed by atoms with van der Waals surface area (Å²) in [6.07, 6.45) is 1.91. The van der Waals surface area contributed by atoms with Crippen molar-refractivity contribution in [2.24, 2.45) is 0 Å². The third-order valence-corrected chi connectivity index (χ3v) is 9.04. The van der Waals surface area contributed by atoms with Crippen molar-refractivity contribution in [1.29, 1.82) is 0 Å². The first kappa shape index (κ1) is 21.2. The van der Waals surface area contributed by atoms with E-state index >= 15 is 0 Å². The molecule has 0 unspecified atom stereocenters. The fourth-order valence-corrected chi connectivity index (χ4v) is 7.22. The van der Waals surface area contributed by atoms with Gasteiger partial charge in [-0.1, -0.05) is 0 Å². The largest absolute Gasteiger partial charge is 0.500 e. The summed E-state index contributed by atoms with van der Waals surface area (Å²) >= 11 is 0. The topological polar surface area (TPSA) is 46.2 Å². The maximum absolute atomic E-state index is 6.44. The molecule has 7 heteroatoms. The average Bonchev–Trinajstić information content (AvgIpc) is 2.40. The van der Waals surface area contributed by atoms with Crippen molar-refractivity contribution in [3.63, 3.8) is 0 Å². The summed E-state index contributed by atoms with van der Waals surface area (Å²) in [5.74, 6) is 0. The Morgan fingerprint density at radius 1 is 0.857 bits per heavy atom. The van der Waals surface area contributed by atoms with Gasteiger partial charge in [-0.25, -0.2) is 0 Å². The molecule has 0 aliphatic rings. The SMILES string of the molecule is COCCC[Si](C)(C)OC(C)(C)CC[Si](OC)(OC)OC. The van der Waals surface area contributed by atoms with Crippen LogP contribution in [0.4, 0.5) is 0 Å². The van der Waals surface area contributed by atoms with Gasteiger partial charge in [-0.2, -0.15) is 0 Å². The molecular weight excluding hydrogens is 304 g/mol. The molecule has 0 aromatic carbocycles. The van der Waals surface area contributed by atoms with Crippen molar-refractivity contribution in [3.8, 4) is 0 Å². The Morgan fingerprint density at radius 2 is 1.38 bits per heavy atom. The molecule has 0 bridgehead atoms. The van der Waals surface area contributed by atoms with Crippen LogP contribution in [0.25, 0.3) is 0 Å². The minimum absolute atomic E-state index is 0.198. The van der Waals surface area contributed by atoms with Gasteiger partial charge >= 0.3 is 8.80 Å². The molecule has 0 rings (SSSR count). The Labute approximate surface area is 132 Å². The van der Waals surface area contributed by atoms with Crippen LogP contribution in [0, 0.1) is 0 Å². The molecule has 0 radical (unpaired) electrons. The molecule has 0 amide bonds. The van der Waals surface area contributed by atoms with E-state index in [4.69, 9.17) is 22.4 Å². The lowest BCUT2D eigenvalue weighted by molar-refractivity contribution is 0.0756. The van der Waals surface area contributed by atoms with Crippen LogP contribution < -0.4 is 0 Å². The van der Waals surface area contributed by atoms with Crippen molar-refractivity contribution in [2.75, 3.05) is 35.0 Å². The molecule has 0 heterocycles. The average molecular weight is 339 g/mol. The van der Waals surface area contributed by atoms with Gasteiger partial charge in [-0.05, 0) is 45.8 Å². The normalized spacial score (nSPS) is 13.7. The van der Waals surface area contributed by atoms with Gasteiger partial charge in [0.2, 0.25) is 0 Å². The summed E-state index contributed by atoms with van der Waals surface area (Å²) in [6, 6.07) is 1.86. The smallest absolute Gasteiger partial charge is 0.412 e. The third-order valence-electron chi connectivity index (χ3n) is 3.65. The molecule has 0 spiro atoms. The van der Waals surface area contributed by atoms with Crippen LogP contribution in [0.2, 0.25) is 25.2 Å². The molecule has 0 aliphatic carbocycles. The first-order valence-electron chi connectivity index (χ1n) is 7.50. The Balaban J connectivity index is 4.47. The molecule has 0 N–H and O–H groups in total. The van der Waals surface area contributed by atoms with E-state index in [1.807, 2.05) is 0 Å². The highest BCUT2D eigenvalue weighted by Gasteiger charge is 2.40. The van der Waals surface area contributed by atoms with E-state index in [-0.39, 0.29) is 5.60 Å². The second-order valence-corrected chi connectivity index (χ2v) is 13.8. The Kier molecular flexibility index (Phi) is 9.49. The van der Waals surface area contributed by atoms with E-state index in [1.165, 1.54) is 0 Å². The number of hydrogen-bond acceptors (Lipinski definition) is 5. The maximum atomic E-state index is 6.44. The van der Waals surface area contributed by atoms with E-state index in [1.54, 1.807) is 28.4 Å². The van der Waals surface area contributed by atoms with Crippen molar-refractivity contribution in [3.05, 3.63) is 0 Å². The first-order valence-corrected chi connectivity index (χ1v) is 12.6. The van der Waals surface area contributed by atoms with E-state index in [2.05, 4.69) is 26.9 Å².